The Morgan fingerprint density at radius 2 is 1.75 bits per heavy atom. The van der Waals surface area contributed by atoms with Crippen LogP contribution in [-0.2, 0) is 11.3 Å². The van der Waals surface area contributed by atoms with Crippen molar-refractivity contribution in [3.8, 4) is 11.5 Å². The highest BCUT2D eigenvalue weighted by molar-refractivity contribution is 6.36. The van der Waals surface area contributed by atoms with E-state index >= 15 is 0 Å². The molecule has 4 nitrogen and oxygen atoms in total. The van der Waals surface area contributed by atoms with Gasteiger partial charge in [0.25, 0.3) is 0 Å². The first-order chi connectivity index (χ1) is 9.71. The van der Waals surface area contributed by atoms with Crippen LogP contribution in [0.2, 0.25) is 5.02 Å². The molecule has 1 aromatic heterocycles. The second-order valence-corrected chi connectivity index (χ2v) is 4.59. The van der Waals surface area contributed by atoms with E-state index < -0.39 is 0 Å². The molecule has 20 heavy (non-hydrogen) atoms. The molecule has 0 N–H and O–H groups in total. The lowest BCUT2D eigenvalue weighted by molar-refractivity contribution is 0.182. The van der Waals surface area contributed by atoms with Crippen molar-refractivity contribution in [1.29, 1.82) is 0 Å². The molecule has 0 bridgehead atoms. The number of fused-ring (bicyclic) bond motifs is 1. The third-order valence-corrected chi connectivity index (χ3v) is 3.08. The van der Waals surface area contributed by atoms with Crippen LogP contribution in [0.15, 0.2) is 18.2 Å². The topological polar surface area (TPSA) is 40.6 Å². The maximum Gasteiger partial charge on any atom is 0.145 e. The maximum atomic E-state index is 6.38. The lowest BCUT2D eigenvalue weighted by Crippen LogP contribution is -2.00. The Morgan fingerprint density at radius 3 is 2.40 bits per heavy atom. The number of hydrogen-bond acceptors (Lipinski definition) is 4. The number of benzene rings is 1. The number of nitrogens with zero attached hydrogens (tertiary/aromatic N) is 1. The number of hydrogen-bond donors (Lipinski definition) is 0. The zero-order valence-electron chi connectivity index (χ0n) is 11.9. The van der Waals surface area contributed by atoms with E-state index in [2.05, 4.69) is 4.98 Å². The largest absolute Gasteiger partial charge is 0.493 e. The first-order valence-electron chi connectivity index (χ1n) is 6.57. The monoisotopic (exact) mass is 295 g/mol. The number of rotatable bonds is 6. The Kier molecular flexibility index (Phi) is 5.04. The summed E-state index contributed by atoms with van der Waals surface area (Å²) in [6.45, 7) is 5.40. The summed E-state index contributed by atoms with van der Waals surface area (Å²) < 4.78 is 16.4. The van der Waals surface area contributed by atoms with E-state index in [1.807, 2.05) is 26.0 Å². The van der Waals surface area contributed by atoms with Crippen LogP contribution in [0.1, 0.15) is 19.5 Å². The molecule has 0 spiro atoms. The highest BCUT2D eigenvalue weighted by atomic mass is 35.5. The van der Waals surface area contributed by atoms with Gasteiger partial charge < -0.3 is 14.2 Å². The summed E-state index contributed by atoms with van der Waals surface area (Å²) in [6, 6.07) is 5.52. The molecule has 2 aromatic rings. The molecule has 0 aliphatic heterocycles. The Morgan fingerprint density at radius 1 is 1.10 bits per heavy atom. The summed E-state index contributed by atoms with van der Waals surface area (Å²) in [5.74, 6) is 1.42. The predicted molar refractivity (Wildman–Crippen MR) is 79.8 cm³/mol. The van der Waals surface area contributed by atoms with Gasteiger partial charge in [-0.2, -0.15) is 0 Å². The second kappa shape index (κ2) is 6.77. The molecule has 5 heteroatoms. The molecular formula is C15H18ClNO3. The smallest absolute Gasteiger partial charge is 0.145 e. The fourth-order valence-corrected chi connectivity index (χ4v) is 2.37. The van der Waals surface area contributed by atoms with Crippen molar-refractivity contribution in [2.45, 2.75) is 20.5 Å². The van der Waals surface area contributed by atoms with Crippen LogP contribution in [-0.4, -0.2) is 25.3 Å². The maximum absolute atomic E-state index is 6.38. The van der Waals surface area contributed by atoms with Crippen molar-refractivity contribution < 1.29 is 14.2 Å². The highest BCUT2D eigenvalue weighted by Gasteiger charge is 2.14. The summed E-state index contributed by atoms with van der Waals surface area (Å²) in [6.07, 6.45) is 0. The molecule has 0 atom stereocenters. The molecule has 1 aromatic carbocycles. The Bertz CT molecular complexity index is 601. The normalized spacial score (nSPS) is 10.8. The number of ether oxygens (including phenoxy) is 3. The number of aromatic nitrogens is 1. The molecule has 2 rings (SSSR count). The summed E-state index contributed by atoms with van der Waals surface area (Å²) in [4.78, 5) is 4.57. The Balaban J connectivity index is 2.67. The molecule has 1 heterocycles. The van der Waals surface area contributed by atoms with E-state index in [0.717, 1.165) is 11.1 Å². The van der Waals surface area contributed by atoms with Gasteiger partial charge in [-0.05, 0) is 32.0 Å². The first kappa shape index (κ1) is 14.9. The van der Waals surface area contributed by atoms with Crippen LogP contribution < -0.4 is 9.47 Å². The molecule has 0 saturated heterocycles. The molecule has 0 radical (unpaired) electrons. The van der Waals surface area contributed by atoms with Crippen LogP contribution in [0.5, 0.6) is 11.5 Å². The van der Waals surface area contributed by atoms with E-state index in [0.29, 0.717) is 41.9 Å². The molecule has 0 aliphatic carbocycles. The van der Waals surface area contributed by atoms with Crippen molar-refractivity contribution in [1.82, 2.24) is 4.98 Å². The molecule has 108 valence electrons. The zero-order valence-corrected chi connectivity index (χ0v) is 12.7. The summed E-state index contributed by atoms with van der Waals surface area (Å²) in [5, 5.41) is 1.37. The van der Waals surface area contributed by atoms with Gasteiger partial charge in [0.15, 0.2) is 0 Å². The van der Waals surface area contributed by atoms with Gasteiger partial charge >= 0.3 is 0 Å². The molecule has 0 aliphatic rings. The van der Waals surface area contributed by atoms with Gasteiger partial charge in [0.05, 0.1) is 35.9 Å². The van der Waals surface area contributed by atoms with E-state index in [4.69, 9.17) is 25.8 Å². The fraction of sp³-hybridized carbons (Fsp3) is 0.400. The van der Waals surface area contributed by atoms with E-state index in [9.17, 15) is 0 Å². The van der Waals surface area contributed by atoms with Gasteiger partial charge in [0.2, 0.25) is 0 Å². The molecular weight excluding hydrogens is 278 g/mol. The van der Waals surface area contributed by atoms with Gasteiger partial charge in [-0.15, -0.1) is 0 Å². The van der Waals surface area contributed by atoms with Crippen molar-refractivity contribution in [2.24, 2.45) is 0 Å². The van der Waals surface area contributed by atoms with Crippen molar-refractivity contribution >= 4 is 22.5 Å². The van der Waals surface area contributed by atoms with Crippen molar-refractivity contribution in [2.75, 3.05) is 20.3 Å². The predicted octanol–water partition coefficient (Wildman–Crippen LogP) is 3.83. The summed E-state index contributed by atoms with van der Waals surface area (Å²) >= 11 is 6.38. The Labute approximate surface area is 123 Å². The van der Waals surface area contributed by atoms with Gasteiger partial charge in [-0.3, -0.25) is 0 Å². The third kappa shape index (κ3) is 2.97. The van der Waals surface area contributed by atoms with E-state index in [-0.39, 0.29) is 0 Å². The van der Waals surface area contributed by atoms with Crippen LogP contribution >= 0.6 is 11.6 Å². The second-order valence-electron chi connectivity index (χ2n) is 4.18. The van der Waals surface area contributed by atoms with Gasteiger partial charge in [-0.1, -0.05) is 11.6 Å². The standard InChI is InChI=1S/C15H18ClNO3/c1-4-19-12-6-7-13(20-5-2)15-14(12)11(16)8-10(17-15)9-18-3/h6-8H,4-5,9H2,1-3H3. The number of halogens is 1. The minimum absolute atomic E-state index is 0.403. The Hall–Kier alpha value is -1.52. The van der Waals surface area contributed by atoms with E-state index in [1.54, 1.807) is 13.2 Å². The highest BCUT2D eigenvalue weighted by Crippen LogP contribution is 2.37. The van der Waals surface area contributed by atoms with Crippen LogP contribution in [0, 0.1) is 0 Å². The molecule has 0 amide bonds. The quantitative estimate of drug-likeness (QED) is 0.812. The lowest BCUT2D eigenvalue weighted by Gasteiger charge is -2.13. The van der Waals surface area contributed by atoms with Crippen LogP contribution in [0.25, 0.3) is 10.9 Å². The fourth-order valence-electron chi connectivity index (χ4n) is 2.06. The SMILES string of the molecule is CCOc1ccc(OCC)c2c(Cl)cc(COC)nc12. The number of pyridine rings is 1. The van der Waals surface area contributed by atoms with Gasteiger partial charge in [0, 0.05) is 7.11 Å². The minimum Gasteiger partial charge on any atom is -0.493 e. The average molecular weight is 296 g/mol. The molecule has 0 unspecified atom stereocenters. The third-order valence-electron chi connectivity index (χ3n) is 2.78. The van der Waals surface area contributed by atoms with Gasteiger partial charge in [0.1, 0.15) is 17.0 Å². The minimum atomic E-state index is 0.403. The number of methoxy groups -OCH3 is 1. The van der Waals surface area contributed by atoms with Crippen molar-refractivity contribution in [3.63, 3.8) is 0 Å². The van der Waals surface area contributed by atoms with Crippen molar-refractivity contribution in [3.05, 3.63) is 28.9 Å². The first-order valence-corrected chi connectivity index (χ1v) is 6.95. The van der Waals surface area contributed by atoms with Gasteiger partial charge in [-0.25, -0.2) is 4.98 Å². The molecule has 0 fully saturated rings. The lowest BCUT2D eigenvalue weighted by atomic mass is 10.1. The molecule has 0 saturated carbocycles. The van der Waals surface area contributed by atoms with Crippen LogP contribution in [0.4, 0.5) is 0 Å². The van der Waals surface area contributed by atoms with Crippen LogP contribution in [0.3, 0.4) is 0 Å². The zero-order chi connectivity index (χ0) is 14.5. The summed E-state index contributed by atoms with van der Waals surface area (Å²) in [5.41, 5.74) is 1.47. The van der Waals surface area contributed by atoms with E-state index in [1.165, 1.54) is 0 Å². The summed E-state index contributed by atoms with van der Waals surface area (Å²) in [7, 11) is 1.62. The average Bonchev–Trinajstić information content (AvgIpc) is 2.42.